The molecule has 0 saturated carbocycles. The number of nitrogens with zero attached hydrogens (tertiary/aromatic N) is 1. The maximum Gasteiger partial charge on any atom is 0.318 e. The molecule has 122 valence electrons. The summed E-state index contributed by atoms with van der Waals surface area (Å²) >= 11 is 0. The molecule has 1 fully saturated rings. The minimum absolute atomic E-state index is 0.00763. The smallest absolute Gasteiger partial charge is 0.318 e. The van der Waals surface area contributed by atoms with E-state index in [1.54, 1.807) is 17.0 Å². The predicted molar refractivity (Wildman–Crippen MR) is 81.5 cm³/mol. The van der Waals surface area contributed by atoms with E-state index in [4.69, 9.17) is 9.47 Å². The quantitative estimate of drug-likeness (QED) is 0.934. The van der Waals surface area contributed by atoms with Gasteiger partial charge in [-0.05, 0) is 38.5 Å². The highest BCUT2D eigenvalue weighted by Gasteiger charge is 2.29. The lowest BCUT2D eigenvalue weighted by Gasteiger charge is -2.38. The number of hydrogen-bond donors (Lipinski definition) is 1. The first-order chi connectivity index (χ1) is 10.4. The monoisotopic (exact) mass is 310 g/mol. The fraction of sp³-hybridized carbons (Fsp3) is 0.562. The Kier molecular flexibility index (Phi) is 5.24. The van der Waals surface area contributed by atoms with Crippen LogP contribution in [-0.2, 0) is 4.74 Å². The Hall–Kier alpha value is -1.82. The summed E-state index contributed by atoms with van der Waals surface area (Å²) in [7, 11) is 1.42. The molecular weight excluding hydrogens is 287 g/mol. The Morgan fingerprint density at radius 2 is 2.23 bits per heavy atom. The van der Waals surface area contributed by atoms with Crippen LogP contribution in [0, 0.1) is 5.82 Å². The van der Waals surface area contributed by atoms with Gasteiger partial charge >= 0.3 is 6.03 Å². The van der Waals surface area contributed by atoms with Gasteiger partial charge in [0.15, 0.2) is 11.6 Å². The van der Waals surface area contributed by atoms with E-state index in [0.717, 1.165) is 0 Å². The van der Waals surface area contributed by atoms with Crippen LogP contribution in [0.3, 0.4) is 0 Å². The lowest BCUT2D eigenvalue weighted by Crippen LogP contribution is -2.54. The maximum absolute atomic E-state index is 13.8. The fourth-order valence-corrected chi connectivity index (χ4v) is 2.52. The zero-order valence-corrected chi connectivity index (χ0v) is 13.4. The molecule has 2 rings (SSSR count). The zero-order chi connectivity index (χ0) is 16.3. The fourth-order valence-electron chi connectivity index (χ4n) is 2.52. The zero-order valence-electron chi connectivity index (χ0n) is 13.4. The highest BCUT2D eigenvalue weighted by atomic mass is 19.1. The number of amides is 2. The minimum atomic E-state index is -0.436. The molecule has 1 aromatic carbocycles. The molecule has 1 N–H and O–H groups in total. The molecule has 1 aromatic rings. The van der Waals surface area contributed by atoms with Crippen molar-refractivity contribution in [1.29, 1.82) is 0 Å². The van der Waals surface area contributed by atoms with Gasteiger partial charge in [0.2, 0.25) is 0 Å². The average molecular weight is 310 g/mol. The maximum atomic E-state index is 13.8. The van der Waals surface area contributed by atoms with Crippen molar-refractivity contribution in [3.05, 3.63) is 29.6 Å². The Balaban J connectivity index is 2.03. The lowest BCUT2D eigenvalue weighted by atomic mass is 10.1. The molecule has 1 aliphatic heterocycles. The van der Waals surface area contributed by atoms with Gasteiger partial charge in [0.1, 0.15) is 0 Å². The third kappa shape index (κ3) is 3.50. The van der Waals surface area contributed by atoms with Crippen LogP contribution in [0.1, 0.15) is 32.4 Å². The summed E-state index contributed by atoms with van der Waals surface area (Å²) in [4.78, 5) is 14.1. The van der Waals surface area contributed by atoms with E-state index >= 15 is 0 Å². The number of rotatable bonds is 3. The first kappa shape index (κ1) is 16.5. The van der Waals surface area contributed by atoms with Crippen LogP contribution in [0.25, 0.3) is 0 Å². The van der Waals surface area contributed by atoms with E-state index in [-0.39, 0.29) is 30.0 Å². The molecule has 1 saturated heterocycles. The Morgan fingerprint density at radius 3 is 2.86 bits per heavy atom. The second kappa shape index (κ2) is 6.96. The summed E-state index contributed by atoms with van der Waals surface area (Å²) < 4.78 is 24.2. The second-order valence-corrected chi connectivity index (χ2v) is 5.58. The molecule has 3 atom stereocenters. The van der Waals surface area contributed by atoms with Gasteiger partial charge in [-0.25, -0.2) is 9.18 Å². The molecule has 0 aromatic heterocycles. The number of carbonyl (C=O) groups excluding carboxylic acids is 1. The van der Waals surface area contributed by atoms with Gasteiger partial charge in [-0.2, -0.15) is 0 Å². The average Bonchev–Trinajstić information content (AvgIpc) is 2.49. The molecule has 1 aliphatic rings. The van der Waals surface area contributed by atoms with Crippen molar-refractivity contribution in [2.24, 2.45) is 0 Å². The summed E-state index contributed by atoms with van der Waals surface area (Å²) in [6.07, 6.45) is 0.00763. The molecule has 0 unspecified atom stereocenters. The van der Waals surface area contributed by atoms with Crippen molar-refractivity contribution < 1.29 is 18.7 Å². The highest BCUT2D eigenvalue weighted by Crippen LogP contribution is 2.22. The topological polar surface area (TPSA) is 50.8 Å². The van der Waals surface area contributed by atoms with Crippen LogP contribution >= 0.6 is 0 Å². The normalized spacial score (nSPS) is 23.0. The number of morpholine rings is 1. The van der Waals surface area contributed by atoms with Gasteiger partial charge in [-0.3, -0.25) is 0 Å². The highest BCUT2D eigenvalue weighted by molar-refractivity contribution is 5.75. The molecule has 2 amide bonds. The van der Waals surface area contributed by atoms with Crippen molar-refractivity contribution in [1.82, 2.24) is 10.2 Å². The molecule has 22 heavy (non-hydrogen) atoms. The number of nitrogens with one attached hydrogen (secondary N) is 1. The van der Waals surface area contributed by atoms with Gasteiger partial charge in [0.05, 0.1) is 31.9 Å². The SMILES string of the molecule is COc1ccc([C@H](C)NC(=O)N2CCO[C@H](C)[C@@H]2C)cc1F. The molecule has 0 spiro atoms. The van der Waals surface area contributed by atoms with Gasteiger partial charge in [0.25, 0.3) is 0 Å². The van der Waals surface area contributed by atoms with Crippen molar-refractivity contribution in [3.8, 4) is 5.75 Å². The van der Waals surface area contributed by atoms with Crippen molar-refractivity contribution >= 4 is 6.03 Å². The lowest BCUT2D eigenvalue weighted by molar-refractivity contribution is -0.0379. The third-order valence-electron chi connectivity index (χ3n) is 4.16. The molecule has 1 heterocycles. The van der Waals surface area contributed by atoms with E-state index in [0.29, 0.717) is 18.7 Å². The molecule has 0 radical (unpaired) electrons. The largest absolute Gasteiger partial charge is 0.494 e. The summed E-state index contributed by atoms with van der Waals surface area (Å²) in [5, 5.41) is 2.91. The van der Waals surface area contributed by atoms with Crippen molar-refractivity contribution in [2.75, 3.05) is 20.3 Å². The number of ether oxygens (including phenoxy) is 2. The number of urea groups is 1. The van der Waals surface area contributed by atoms with Gasteiger partial charge in [0, 0.05) is 6.54 Å². The number of hydrogen-bond acceptors (Lipinski definition) is 3. The van der Waals surface area contributed by atoms with Crippen LogP contribution in [0.5, 0.6) is 5.75 Å². The van der Waals surface area contributed by atoms with E-state index in [1.807, 2.05) is 20.8 Å². The molecule has 0 aliphatic carbocycles. The summed E-state index contributed by atoms with van der Waals surface area (Å²) in [6, 6.07) is 4.25. The number of methoxy groups -OCH3 is 1. The van der Waals surface area contributed by atoms with Crippen LogP contribution in [-0.4, -0.2) is 43.3 Å². The first-order valence-electron chi connectivity index (χ1n) is 7.46. The van der Waals surface area contributed by atoms with Crippen LogP contribution in [0.15, 0.2) is 18.2 Å². The van der Waals surface area contributed by atoms with E-state index in [1.165, 1.54) is 13.2 Å². The second-order valence-electron chi connectivity index (χ2n) is 5.58. The first-order valence-corrected chi connectivity index (χ1v) is 7.46. The Morgan fingerprint density at radius 1 is 1.50 bits per heavy atom. The summed E-state index contributed by atoms with van der Waals surface area (Å²) in [5.74, 6) is -0.243. The standard InChI is InChI=1S/C16H23FN2O3/c1-10(13-5-6-15(21-4)14(17)9-13)18-16(20)19-7-8-22-12(3)11(19)2/h5-6,9-12H,7-8H2,1-4H3,(H,18,20)/t10-,11-,12+/m0/s1. The Labute approximate surface area is 130 Å². The summed E-state index contributed by atoms with van der Waals surface area (Å²) in [6.45, 7) is 6.83. The van der Waals surface area contributed by atoms with Crippen molar-refractivity contribution in [3.63, 3.8) is 0 Å². The van der Waals surface area contributed by atoms with Gasteiger partial charge < -0.3 is 19.7 Å². The number of halogens is 1. The number of carbonyl (C=O) groups is 1. The molecule has 0 bridgehead atoms. The molecular formula is C16H23FN2O3. The molecule has 5 nitrogen and oxygen atoms in total. The van der Waals surface area contributed by atoms with Crippen LogP contribution in [0.4, 0.5) is 9.18 Å². The van der Waals surface area contributed by atoms with Crippen molar-refractivity contribution in [2.45, 2.75) is 39.0 Å². The summed E-state index contributed by atoms with van der Waals surface area (Å²) in [5.41, 5.74) is 0.695. The number of benzene rings is 1. The van der Waals surface area contributed by atoms with Crippen LogP contribution < -0.4 is 10.1 Å². The van der Waals surface area contributed by atoms with Gasteiger partial charge in [-0.15, -0.1) is 0 Å². The van der Waals surface area contributed by atoms with E-state index in [2.05, 4.69) is 5.32 Å². The molecule has 6 heteroatoms. The van der Waals surface area contributed by atoms with Gasteiger partial charge in [-0.1, -0.05) is 6.07 Å². The van der Waals surface area contributed by atoms with E-state index in [9.17, 15) is 9.18 Å². The third-order valence-corrected chi connectivity index (χ3v) is 4.16. The minimum Gasteiger partial charge on any atom is -0.494 e. The van der Waals surface area contributed by atoms with E-state index < -0.39 is 5.82 Å². The Bertz CT molecular complexity index is 538. The predicted octanol–water partition coefficient (Wildman–Crippen LogP) is 2.71. The van der Waals surface area contributed by atoms with Crippen LogP contribution in [0.2, 0.25) is 0 Å².